The maximum atomic E-state index is 13.4. The summed E-state index contributed by atoms with van der Waals surface area (Å²) in [4.78, 5) is 52.8. The van der Waals surface area contributed by atoms with Gasteiger partial charge in [-0.2, -0.15) is 0 Å². The Balaban J connectivity index is 1.60. The van der Waals surface area contributed by atoms with Crippen LogP contribution in [0.3, 0.4) is 0 Å². The van der Waals surface area contributed by atoms with Crippen LogP contribution in [0, 0.1) is 5.92 Å². The van der Waals surface area contributed by atoms with Crippen LogP contribution in [-0.4, -0.2) is 65.0 Å². The SMILES string of the molecule is CC(C)C[C@H](NC(=O)[C@H]1N[C@@H]1C(=O)OC(C)(C)C)C(=O)N1CCC[C@H]1C(=O)OCc1ccccc1. The van der Waals surface area contributed by atoms with Crippen LogP contribution in [-0.2, 0) is 35.3 Å². The molecule has 4 atom stereocenters. The van der Waals surface area contributed by atoms with Gasteiger partial charge in [-0.3, -0.25) is 19.7 Å². The number of nitrogens with zero attached hydrogens (tertiary/aromatic N) is 1. The van der Waals surface area contributed by atoms with Crippen LogP contribution in [0.5, 0.6) is 0 Å². The van der Waals surface area contributed by atoms with Crippen LogP contribution in [0.25, 0.3) is 0 Å². The third-order valence-corrected chi connectivity index (χ3v) is 5.88. The van der Waals surface area contributed by atoms with Crippen LogP contribution in [0.1, 0.15) is 59.4 Å². The largest absolute Gasteiger partial charge is 0.459 e. The molecule has 2 aliphatic rings. The Morgan fingerprint density at radius 3 is 2.40 bits per heavy atom. The van der Waals surface area contributed by atoms with Gasteiger partial charge in [0.25, 0.3) is 0 Å². The van der Waals surface area contributed by atoms with E-state index in [4.69, 9.17) is 9.47 Å². The van der Waals surface area contributed by atoms with Crippen molar-refractivity contribution in [3.05, 3.63) is 35.9 Å². The maximum Gasteiger partial charge on any atom is 0.329 e. The Bertz CT molecular complexity index is 927. The van der Waals surface area contributed by atoms with Crippen molar-refractivity contribution >= 4 is 23.8 Å². The van der Waals surface area contributed by atoms with E-state index in [2.05, 4.69) is 10.6 Å². The molecule has 0 aromatic heterocycles. The first kappa shape index (κ1) is 26.7. The number of amides is 2. The van der Waals surface area contributed by atoms with Gasteiger partial charge in [0, 0.05) is 6.54 Å². The lowest BCUT2D eigenvalue weighted by Gasteiger charge is -2.29. The molecule has 9 heteroatoms. The lowest BCUT2D eigenvalue weighted by molar-refractivity contribution is -0.156. The van der Waals surface area contributed by atoms with Gasteiger partial charge < -0.3 is 19.7 Å². The number of rotatable bonds is 9. The highest BCUT2D eigenvalue weighted by Gasteiger charge is 2.50. The first-order chi connectivity index (χ1) is 16.5. The van der Waals surface area contributed by atoms with Gasteiger partial charge in [0.1, 0.15) is 36.4 Å². The van der Waals surface area contributed by atoms with Crippen molar-refractivity contribution in [3.63, 3.8) is 0 Å². The standard InChI is InChI=1S/C26H37N3O6/c1-16(2)14-18(27-22(30)20-21(28-20)25(33)35-26(3,4)5)23(31)29-13-9-12-19(29)24(32)34-15-17-10-7-6-8-11-17/h6-8,10-11,16,18-21,28H,9,12-15H2,1-5H3,(H,27,30)/t18-,19-,20-,21-/m0/s1. The molecule has 1 aromatic carbocycles. The van der Waals surface area contributed by atoms with Crippen molar-refractivity contribution in [2.24, 2.45) is 5.92 Å². The van der Waals surface area contributed by atoms with Crippen molar-refractivity contribution in [1.82, 2.24) is 15.5 Å². The quantitative estimate of drug-likeness (QED) is 0.403. The molecule has 9 nitrogen and oxygen atoms in total. The third-order valence-electron chi connectivity index (χ3n) is 5.88. The summed E-state index contributed by atoms with van der Waals surface area (Å²) in [5, 5.41) is 5.63. The molecule has 2 N–H and O–H groups in total. The molecule has 0 bridgehead atoms. The summed E-state index contributed by atoms with van der Waals surface area (Å²) in [7, 11) is 0. The predicted molar refractivity (Wildman–Crippen MR) is 129 cm³/mol. The van der Waals surface area contributed by atoms with Crippen LogP contribution < -0.4 is 10.6 Å². The number of likely N-dealkylation sites (tertiary alicyclic amines) is 1. The van der Waals surface area contributed by atoms with E-state index in [0.29, 0.717) is 25.8 Å². The topological polar surface area (TPSA) is 124 Å². The van der Waals surface area contributed by atoms with E-state index in [9.17, 15) is 19.2 Å². The molecule has 2 saturated heterocycles. The molecule has 192 valence electrons. The van der Waals surface area contributed by atoms with Crippen LogP contribution >= 0.6 is 0 Å². The van der Waals surface area contributed by atoms with E-state index in [1.54, 1.807) is 20.8 Å². The van der Waals surface area contributed by atoms with Gasteiger partial charge in [-0.1, -0.05) is 44.2 Å². The number of carbonyl (C=O) groups excluding carboxylic acids is 4. The molecular weight excluding hydrogens is 450 g/mol. The zero-order valence-corrected chi connectivity index (χ0v) is 21.2. The number of hydrogen-bond acceptors (Lipinski definition) is 7. The summed E-state index contributed by atoms with van der Waals surface area (Å²) < 4.78 is 10.8. The normalized spacial score (nSPS) is 22.5. The fraction of sp³-hybridized carbons (Fsp3) is 0.615. The molecule has 0 unspecified atom stereocenters. The summed E-state index contributed by atoms with van der Waals surface area (Å²) in [6, 6.07) is 6.43. The van der Waals surface area contributed by atoms with E-state index >= 15 is 0 Å². The Labute approximate surface area is 206 Å². The Hall–Kier alpha value is -2.94. The minimum absolute atomic E-state index is 0.129. The Morgan fingerprint density at radius 2 is 1.77 bits per heavy atom. The van der Waals surface area contributed by atoms with Crippen molar-refractivity contribution in [1.29, 1.82) is 0 Å². The molecule has 0 radical (unpaired) electrons. The predicted octanol–water partition coefficient (Wildman–Crippen LogP) is 1.93. The van der Waals surface area contributed by atoms with Gasteiger partial charge in [0.2, 0.25) is 11.8 Å². The first-order valence-electron chi connectivity index (χ1n) is 12.3. The number of esters is 2. The van der Waals surface area contributed by atoms with E-state index in [1.165, 1.54) is 4.90 Å². The maximum absolute atomic E-state index is 13.4. The second kappa shape index (κ2) is 11.2. The minimum Gasteiger partial charge on any atom is -0.459 e. The van der Waals surface area contributed by atoms with E-state index < -0.39 is 47.6 Å². The molecule has 2 aliphatic heterocycles. The molecule has 0 aliphatic carbocycles. The number of nitrogens with one attached hydrogen (secondary N) is 2. The highest BCUT2D eigenvalue weighted by Crippen LogP contribution is 2.23. The van der Waals surface area contributed by atoms with Gasteiger partial charge >= 0.3 is 11.9 Å². The summed E-state index contributed by atoms with van der Waals surface area (Å²) in [6.07, 6.45) is 1.62. The van der Waals surface area contributed by atoms with Gasteiger partial charge in [-0.15, -0.1) is 0 Å². The number of hydrogen-bond donors (Lipinski definition) is 2. The third kappa shape index (κ3) is 7.52. The van der Waals surface area contributed by atoms with Gasteiger partial charge in [-0.05, 0) is 51.5 Å². The van der Waals surface area contributed by atoms with Crippen molar-refractivity contribution in [3.8, 4) is 0 Å². The monoisotopic (exact) mass is 487 g/mol. The van der Waals surface area contributed by atoms with Crippen LogP contribution in [0.15, 0.2) is 30.3 Å². The average Bonchev–Trinajstić information content (AvgIpc) is 3.45. The minimum atomic E-state index is -0.799. The van der Waals surface area contributed by atoms with Gasteiger partial charge in [0.05, 0.1) is 0 Å². The van der Waals surface area contributed by atoms with Gasteiger partial charge in [0.15, 0.2) is 0 Å². The summed E-state index contributed by atoms with van der Waals surface area (Å²) in [6.45, 7) is 9.77. The molecule has 0 saturated carbocycles. The lowest BCUT2D eigenvalue weighted by Crippen LogP contribution is -2.53. The van der Waals surface area contributed by atoms with Crippen LogP contribution in [0.2, 0.25) is 0 Å². The number of carbonyl (C=O) groups is 4. The zero-order valence-electron chi connectivity index (χ0n) is 21.2. The highest BCUT2D eigenvalue weighted by atomic mass is 16.6. The molecule has 2 heterocycles. The van der Waals surface area contributed by atoms with Gasteiger partial charge in [-0.25, -0.2) is 4.79 Å². The first-order valence-corrected chi connectivity index (χ1v) is 12.3. The number of benzene rings is 1. The van der Waals surface area contributed by atoms with E-state index in [-0.39, 0.29) is 18.4 Å². The Kier molecular flexibility index (Phi) is 8.53. The highest BCUT2D eigenvalue weighted by molar-refractivity contribution is 5.98. The fourth-order valence-electron chi connectivity index (χ4n) is 4.19. The lowest BCUT2D eigenvalue weighted by atomic mass is 10.0. The fourth-order valence-corrected chi connectivity index (χ4v) is 4.19. The Morgan fingerprint density at radius 1 is 1.09 bits per heavy atom. The average molecular weight is 488 g/mol. The molecule has 3 rings (SSSR count). The molecule has 2 fully saturated rings. The number of ether oxygens (including phenoxy) is 2. The molecule has 2 amide bonds. The summed E-state index contributed by atoms with van der Waals surface area (Å²) in [5.41, 5.74) is 0.219. The second-order valence-corrected chi connectivity index (χ2v) is 10.6. The zero-order chi connectivity index (χ0) is 25.8. The van der Waals surface area contributed by atoms with Crippen molar-refractivity contribution in [2.75, 3.05) is 6.54 Å². The molecule has 35 heavy (non-hydrogen) atoms. The molecule has 1 aromatic rings. The summed E-state index contributed by atoms with van der Waals surface area (Å²) >= 11 is 0. The molecular formula is C26H37N3O6. The van der Waals surface area contributed by atoms with E-state index in [0.717, 1.165) is 5.56 Å². The van der Waals surface area contributed by atoms with E-state index in [1.807, 2.05) is 44.2 Å². The summed E-state index contributed by atoms with van der Waals surface area (Å²) in [5.74, 6) is -1.54. The van der Waals surface area contributed by atoms with Crippen molar-refractivity contribution in [2.45, 2.75) is 90.3 Å². The second-order valence-electron chi connectivity index (χ2n) is 10.6. The smallest absolute Gasteiger partial charge is 0.329 e. The van der Waals surface area contributed by atoms with Crippen LogP contribution in [0.4, 0.5) is 0 Å². The van der Waals surface area contributed by atoms with Crippen molar-refractivity contribution < 1.29 is 28.7 Å². The molecule has 0 spiro atoms.